The van der Waals surface area contributed by atoms with E-state index in [0.29, 0.717) is 6.04 Å². The summed E-state index contributed by atoms with van der Waals surface area (Å²) in [5.74, 6) is 2.12. The van der Waals surface area contributed by atoms with Crippen molar-refractivity contribution in [2.75, 3.05) is 26.0 Å². The lowest BCUT2D eigenvalue weighted by Crippen LogP contribution is -2.43. The maximum atomic E-state index is 5.48. The summed E-state index contributed by atoms with van der Waals surface area (Å²) in [6.07, 6.45) is 5.48. The summed E-state index contributed by atoms with van der Waals surface area (Å²) in [7, 11) is 2.11. The number of nitrogens with one attached hydrogen (secondary N) is 1. The van der Waals surface area contributed by atoms with Crippen molar-refractivity contribution in [1.82, 2.24) is 5.32 Å². The minimum atomic E-state index is 0.683. The second-order valence-electron chi connectivity index (χ2n) is 4.34. The molecule has 82 valence electrons. The Hall–Kier alpha value is 0.270. The van der Waals surface area contributed by atoms with Crippen LogP contribution in [0.25, 0.3) is 0 Å². The van der Waals surface area contributed by atoms with Crippen molar-refractivity contribution in [3.05, 3.63) is 0 Å². The van der Waals surface area contributed by atoms with Gasteiger partial charge in [-0.05, 0) is 32.1 Å². The normalized spacial score (nSPS) is 35.8. The average molecular weight is 215 g/mol. The molecule has 14 heavy (non-hydrogen) atoms. The number of rotatable bonds is 3. The van der Waals surface area contributed by atoms with Crippen LogP contribution in [0.1, 0.15) is 25.7 Å². The van der Waals surface area contributed by atoms with Gasteiger partial charge in [-0.1, -0.05) is 6.42 Å². The van der Waals surface area contributed by atoms with E-state index in [1.165, 1.54) is 31.4 Å². The van der Waals surface area contributed by atoms with Gasteiger partial charge in [0.15, 0.2) is 0 Å². The van der Waals surface area contributed by atoms with Crippen molar-refractivity contribution in [2.24, 2.45) is 5.92 Å². The highest BCUT2D eigenvalue weighted by atomic mass is 32.2. The molecule has 0 aromatic carbocycles. The van der Waals surface area contributed by atoms with Gasteiger partial charge in [0.05, 0.1) is 6.61 Å². The third kappa shape index (κ3) is 2.44. The molecule has 3 unspecified atom stereocenters. The van der Waals surface area contributed by atoms with E-state index < -0.39 is 0 Å². The molecule has 2 saturated heterocycles. The summed E-state index contributed by atoms with van der Waals surface area (Å²) < 4.78 is 5.48. The van der Waals surface area contributed by atoms with Gasteiger partial charge in [0.25, 0.3) is 0 Å². The molecule has 0 radical (unpaired) electrons. The van der Waals surface area contributed by atoms with Crippen LogP contribution in [0.3, 0.4) is 0 Å². The van der Waals surface area contributed by atoms with Crippen LogP contribution in [0, 0.1) is 5.92 Å². The molecule has 1 N–H and O–H groups in total. The van der Waals surface area contributed by atoms with E-state index in [4.69, 9.17) is 4.74 Å². The predicted molar refractivity (Wildman–Crippen MR) is 61.9 cm³/mol. The molecular weight excluding hydrogens is 194 g/mol. The Morgan fingerprint density at radius 3 is 2.86 bits per heavy atom. The topological polar surface area (TPSA) is 21.3 Å². The molecule has 2 aliphatic heterocycles. The molecular formula is C11H21NOS. The molecule has 3 atom stereocenters. The van der Waals surface area contributed by atoms with Gasteiger partial charge in [-0.25, -0.2) is 0 Å². The molecule has 2 nitrogen and oxygen atoms in total. The molecule has 0 saturated carbocycles. The van der Waals surface area contributed by atoms with E-state index in [2.05, 4.69) is 24.1 Å². The highest BCUT2D eigenvalue weighted by molar-refractivity contribution is 8.00. The molecule has 3 heteroatoms. The highest BCUT2D eigenvalue weighted by Crippen LogP contribution is 2.32. The predicted octanol–water partition coefficient (Wildman–Crippen LogP) is 1.90. The third-order valence-corrected chi connectivity index (χ3v) is 4.90. The maximum absolute atomic E-state index is 5.48. The Morgan fingerprint density at radius 2 is 2.29 bits per heavy atom. The quantitative estimate of drug-likeness (QED) is 0.777. The van der Waals surface area contributed by atoms with E-state index in [1.807, 2.05) is 0 Å². The summed E-state index contributed by atoms with van der Waals surface area (Å²) in [5, 5.41) is 4.35. The molecule has 2 aliphatic rings. The summed E-state index contributed by atoms with van der Waals surface area (Å²) in [4.78, 5) is 0. The van der Waals surface area contributed by atoms with Crippen molar-refractivity contribution in [3.63, 3.8) is 0 Å². The van der Waals surface area contributed by atoms with Crippen molar-refractivity contribution in [3.8, 4) is 0 Å². The number of hydrogen-bond donors (Lipinski definition) is 1. The highest BCUT2D eigenvalue weighted by Gasteiger charge is 2.31. The van der Waals surface area contributed by atoms with Crippen LogP contribution in [-0.4, -0.2) is 37.3 Å². The summed E-state index contributed by atoms with van der Waals surface area (Å²) in [6.45, 7) is 1.95. The van der Waals surface area contributed by atoms with Gasteiger partial charge in [-0.15, -0.1) is 0 Å². The van der Waals surface area contributed by atoms with Gasteiger partial charge in [-0.2, -0.15) is 11.8 Å². The first-order valence-electron chi connectivity index (χ1n) is 5.78. The number of ether oxygens (including phenoxy) is 1. The first kappa shape index (κ1) is 10.8. The first-order valence-corrected chi connectivity index (χ1v) is 6.83. The van der Waals surface area contributed by atoms with Crippen LogP contribution in [0.15, 0.2) is 0 Å². The Bertz CT molecular complexity index is 165. The second-order valence-corrected chi connectivity index (χ2v) is 5.69. The summed E-state index contributed by atoms with van der Waals surface area (Å²) in [6, 6.07) is 0.683. The smallest absolute Gasteiger partial charge is 0.0510 e. The van der Waals surface area contributed by atoms with Gasteiger partial charge >= 0.3 is 0 Å². The average Bonchev–Trinajstić information content (AvgIpc) is 2.74. The standard InChI is InChI=1S/C11H21NOS/c1-12-11(9-5-6-13-8-9)10-4-2-3-7-14-10/h9-12H,2-8H2,1H3. The largest absolute Gasteiger partial charge is 0.381 e. The van der Waals surface area contributed by atoms with E-state index >= 15 is 0 Å². The van der Waals surface area contributed by atoms with Crippen molar-refractivity contribution in [2.45, 2.75) is 37.0 Å². The number of thioether (sulfide) groups is 1. The zero-order valence-electron chi connectivity index (χ0n) is 9.00. The monoisotopic (exact) mass is 215 g/mol. The molecule has 0 aromatic heterocycles. The number of hydrogen-bond acceptors (Lipinski definition) is 3. The van der Waals surface area contributed by atoms with Gasteiger partial charge in [-0.3, -0.25) is 0 Å². The second kappa shape index (κ2) is 5.38. The van der Waals surface area contributed by atoms with E-state index in [9.17, 15) is 0 Å². The molecule has 0 amide bonds. The lowest BCUT2D eigenvalue weighted by molar-refractivity contribution is 0.176. The van der Waals surface area contributed by atoms with Crippen LogP contribution in [0.5, 0.6) is 0 Å². The van der Waals surface area contributed by atoms with Gasteiger partial charge in [0.1, 0.15) is 0 Å². The van der Waals surface area contributed by atoms with Gasteiger partial charge in [0.2, 0.25) is 0 Å². The lowest BCUT2D eigenvalue weighted by Gasteiger charge is -2.33. The van der Waals surface area contributed by atoms with E-state index in [0.717, 1.165) is 24.4 Å². The Kier molecular flexibility index (Phi) is 4.14. The summed E-state index contributed by atoms with van der Waals surface area (Å²) >= 11 is 2.16. The SMILES string of the molecule is CNC(C1CCOC1)C1CCCCS1. The fraction of sp³-hybridized carbons (Fsp3) is 1.00. The van der Waals surface area contributed by atoms with Crippen LogP contribution in [0.4, 0.5) is 0 Å². The fourth-order valence-electron chi connectivity index (χ4n) is 2.61. The molecule has 0 aromatic rings. The minimum absolute atomic E-state index is 0.683. The fourth-order valence-corrected chi connectivity index (χ4v) is 4.18. The molecule has 2 rings (SSSR count). The third-order valence-electron chi connectivity index (χ3n) is 3.42. The minimum Gasteiger partial charge on any atom is -0.381 e. The molecule has 0 aliphatic carbocycles. The molecule has 2 fully saturated rings. The molecule has 2 heterocycles. The van der Waals surface area contributed by atoms with Crippen LogP contribution in [0.2, 0.25) is 0 Å². The zero-order chi connectivity index (χ0) is 9.80. The van der Waals surface area contributed by atoms with Crippen LogP contribution >= 0.6 is 11.8 Å². The molecule has 0 bridgehead atoms. The maximum Gasteiger partial charge on any atom is 0.0510 e. The Labute approximate surface area is 91.2 Å². The van der Waals surface area contributed by atoms with E-state index in [-0.39, 0.29) is 0 Å². The Morgan fingerprint density at radius 1 is 1.36 bits per heavy atom. The zero-order valence-corrected chi connectivity index (χ0v) is 9.81. The lowest BCUT2D eigenvalue weighted by atomic mass is 9.93. The Balaban J connectivity index is 1.89. The van der Waals surface area contributed by atoms with Crippen molar-refractivity contribution in [1.29, 1.82) is 0 Å². The van der Waals surface area contributed by atoms with Gasteiger partial charge in [0, 0.05) is 23.8 Å². The van der Waals surface area contributed by atoms with Crippen molar-refractivity contribution >= 4 is 11.8 Å². The van der Waals surface area contributed by atoms with Crippen molar-refractivity contribution < 1.29 is 4.74 Å². The van der Waals surface area contributed by atoms with Crippen LogP contribution < -0.4 is 5.32 Å². The van der Waals surface area contributed by atoms with Gasteiger partial charge < -0.3 is 10.1 Å². The van der Waals surface area contributed by atoms with E-state index in [1.54, 1.807) is 0 Å². The van der Waals surface area contributed by atoms with Crippen LogP contribution in [-0.2, 0) is 4.74 Å². The first-order chi connectivity index (χ1) is 6.92. The molecule has 0 spiro atoms. The summed E-state index contributed by atoms with van der Waals surface area (Å²) in [5.41, 5.74) is 0.